The number of hydrogen-bond donors (Lipinski definition) is 1. The summed E-state index contributed by atoms with van der Waals surface area (Å²) in [5.41, 5.74) is 0. The lowest BCUT2D eigenvalue weighted by atomic mass is 10.2. The predicted octanol–water partition coefficient (Wildman–Crippen LogP) is 2.86. The van der Waals surface area contributed by atoms with Gasteiger partial charge in [0.15, 0.2) is 0 Å². The number of hydrogen-bond acceptors (Lipinski definition) is 3. The van der Waals surface area contributed by atoms with Crippen molar-refractivity contribution in [2.24, 2.45) is 0 Å². The number of rotatable bonds is 9. The summed E-state index contributed by atoms with van der Waals surface area (Å²) in [6.07, 6.45) is 8.32. The first-order valence-electron chi connectivity index (χ1n) is 5.02. The molecule has 0 aromatic rings. The average Bonchev–Trinajstić information content (AvgIpc) is 2.14. The van der Waals surface area contributed by atoms with E-state index in [1.165, 1.54) is 37.3 Å². The van der Waals surface area contributed by atoms with E-state index < -0.39 is 0 Å². The maximum absolute atomic E-state index is 3.55. The zero-order valence-electron chi connectivity index (χ0n) is 9.14. The molecule has 0 saturated heterocycles. The fourth-order valence-corrected chi connectivity index (χ4v) is 2.20. The normalized spacial score (nSPS) is 13.2. The first-order chi connectivity index (χ1) is 6.31. The van der Waals surface area contributed by atoms with Crippen molar-refractivity contribution in [3.63, 3.8) is 0 Å². The smallest absolute Gasteiger partial charge is 0.00465 e. The summed E-state index contributed by atoms with van der Waals surface area (Å²) in [4.78, 5) is 0. The molecule has 1 atom stereocenters. The molecule has 0 saturated carbocycles. The van der Waals surface area contributed by atoms with Gasteiger partial charge in [0, 0.05) is 6.04 Å². The third kappa shape index (κ3) is 10.6. The van der Waals surface area contributed by atoms with Crippen molar-refractivity contribution in [1.82, 2.24) is 5.32 Å². The van der Waals surface area contributed by atoms with Crippen LogP contribution >= 0.6 is 23.5 Å². The molecule has 1 nitrogen and oxygen atoms in total. The lowest BCUT2D eigenvalue weighted by Gasteiger charge is -2.12. The molecule has 1 N–H and O–H groups in total. The summed E-state index contributed by atoms with van der Waals surface area (Å²) in [7, 11) is 0. The highest BCUT2D eigenvalue weighted by molar-refractivity contribution is 7.98. The van der Waals surface area contributed by atoms with Crippen LogP contribution in [0.5, 0.6) is 0 Å². The van der Waals surface area contributed by atoms with Crippen molar-refractivity contribution in [2.45, 2.75) is 32.2 Å². The van der Waals surface area contributed by atoms with E-state index in [1.807, 2.05) is 23.5 Å². The van der Waals surface area contributed by atoms with Crippen molar-refractivity contribution in [3.8, 4) is 0 Å². The van der Waals surface area contributed by atoms with Crippen LogP contribution in [0.15, 0.2) is 0 Å². The summed E-state index contributed by atoms with van der Waals surface area (Å²) >= 11 is 3.88. The minimum Gasteiger partial charge on any atom is -0.314 e. The van der Waals surface area contributed by atoms with Crippen molar-refractivity contribution < 1.29 is 0 Å². The molecule has 0 heterocycles. The second-order valence-corrected chi connectivity index (χ2v) is 5.31. The molecule has 0 spiro atoms. The Balaban J connectivity index is 3.03. The quantitative estimate of drug-likeness (QED) is 0.601. The van der Waals surface area contributed by atoms with Gasteiger partial charge in [-0.15, -0.1) is 0 Å². The van der Waals surface area contributed by atoms with Gasteiger partial charge in [-0.05, 0) is 56.7 Å². The van der Waals surface area contributed by atoms with Crippen LogP contribution in [-0.2, 0) is 0 Å². The zero-order valence-corrected chi connectivity index (χ0v) is 10.8. The Morgan fingerprint density at radius 3 is 2.38 bits per heavy atom. The van der Waals surface area contributed by atoms with Crippen LogP contribution in [0.25, 0.3) is 0 Å². The number of nitrogens with one attached hydrogen (secondary N) is 1. The molecule has 0 aliphatic rings. The van der Waals surface area contributed by atoms with Gasteiger partial charge in [-0.1, -0.05) is 0 Å². The minimum atomic E-state index is 0.696. The Bertz CT molecular complexity index is 98.9. The molecular weight excluding hydrogens is 198 g/mol. The van der Waals surface area contributed by atoms with Crippen molar-refractivity contribution in [3.05, 3.63) is 0 Å². The lowest BCUT2D eigenvalue weighted by molar-refractivity contribution is 0.525. The maximum atomic E-state index is 3.55. The van der Waals surface area contributed by atoms with Gasteiger partial charge in [0.2, 0.25) is 0 Å². The Kier molecular flexibility index (Phi) is 11.3. The Labute approximate surface area is 91.8 Å². The van der Waals surface area contributed by atoms with Gasteiger partial charge in [0.25, 0.3) is 0 Å². The largest absolute Gasteiger partial charge is 0.314 e. The third-order valence-electron chi connectivity index (χ3n) is 2.02. The summed E-state index contributed by atoms with van der Waals surface area (Å²) < 4.78 is 0. The highest BCUT2D eigenvalue weighted by Gasteiger charge is 1.98. The molecule has 0 fully saturated rings. The van der Waals surface area contributed by atoms with E-state index >= 15 is 0 Å². The van der Waals surface area contributed by atoms with Crippen LogP contribution < -0.4 is 5.32 Å². The molecule has 0 aromatic heterocycles. The fraction of sp³-hybridized carbons (Fsp3) is 1.00. The minimum absolute atomic E-state index is 0.696. The molecule has 13 heavy (non-hydrogen) atoms. The van der Waals surface area contributed by atoms with Gasteiger partial charge in [-0.25, -0.2) is 0 Å². The first kappa shape index (κ1) is 13.7. The molecule has 0 amide bonds. The fourth-order valence-electron chi connectivity index (χ4n) is 1.12. The second-order valence-electron chi connectivity index (χ2n) is 3.34. The molecule has 0 bridgehead atoms. The molecule has 0 aromatic carbocycles. The molecule has 0 radical (unpaired) electrons. The molecular formula is C10H23NS2. The van der Waals surface area contributed by atoms with Crippen LogP contribution in [0.2, 0.25) is 0 Å². The predicted molar refractivity (Wildman–Crippen MR) is 68.1 cm³/mol. The first-order valence-corrected chi connectivity index (χ1v) is 7.81. The average molecular weight is 221 g/mol. The molecule has 3 heteroatoms. The van der Waals surface area contributed by atoms with Crippen LogP contribution in [-0.4, -0.2) is 36.6 Å². The highest BCUT2D eigenvalue weighted by atomic mass is 32.2. The SMILES string of the molecule is CSCCCCNC(C)CCSC. The zero-order chi connectivity index (χ0) is 9.94. The van der Waals surface area contributed by atoms with E-state index in [9.17, 15) is 0 Å². The maximum Gasteiger partial charge on any atom is 0.00465 e. The summed E-state index contributed by atoms with van der Waals surface area (Å²) in [6, 6.07) is 0.696. The number of thioether (sulfide) groups is 2. The monoisotopic (exact) mass is 221 g/mol. The Morgan fingerprint density at radius 1 is 1.08 bits per heavy atom. The van der Waals surface area contributed by atoms with Gasteiger partial charge in [-0.2, -0.15) is 23.5 Å². The van der Waals surface area contributed by atoms with E-state index in [0.717, 1.165) is 0 Å². The van der Waals surface area contributed by atoms with Crippen LogP contribution in [0.4, 0.5) is 0 Å². The standard InChI is InChI=1S/C10H23NS2/c1-10(6-9-13-3)11-7-4-5-8-12-2/h10-11H,4-9H2,1-3H3. The summed E-state index contributed by atoms with van der Waals surface area (Å²) in [5, 5.41) is 3.55. The van der Waals surface area contributed by atoms with Crippen molar-refractivity contribution >= 4 is 23.5 Å². The molecule has 80 valence electrons. The molecule has 0 aliphatic carbocycles. The number of unbranched alkanes of at least 4 members (excludes halogenated alkanes) is 1. The van der Waals surface area contributed by atoms with Gasteiger partial charge >= 0.3 is 0 Å². The lowest BCUT2D eigenvalue weighted by Crippen LogP contribution is -2.27. The highest BCUT2D eigenvalue weighted by Crippen LogP contribution is 2.01. The van der Waals surface area contributed by atoms with E-state index in [2.05, 4.69) is 24.8 Å². The van der Waals surface area contributed by atoms with Crippen molar-refractivity contribution in [1.29, 1.82) is 0 Å². The summed E-state index contributed by atoms with van der Waals surface area (Å²) in [6.45, 7) is 3.47. The second kappa shape index (κ2) is 10.7. The molecule has 0 rings (SSSR count). The Hall–Kier alpha value is 0.660. The molecule has 1 unspecified atom stereocenters. The van der Waals surface area contributed by atoms with Crippen LogP contribution in [0.1, 0.15) is 26.2 Å². The summed E-state index contributed by atoms with van der Waals surface area (Å²) in [5.74, 6) is 2.58. The van der Waals surface area contributed by atoms with Gasteiger partial charge in [0.1, 0.15) is 0 Å². The van der Waals surface area contributed by atoms with E-state index in [4.69, 9.17) is 0 Å². The van der Waals surface area contributed by atoms with Gasteiger partial charge < -0.3 is 5.32 Å². The van der Waals surface area contributed by atoms with E-state index in [1.54, 1.807) is 0 Å². The van der Waals surface area contributed by atoms with Gasteiger partial charge in [-0.3, -0.25) is 0 Å². The van der Waals surface area contributed by atoms with E-state index in [0.29, 0.717) is 6.04 Å². The Morgan fingerprint density at radius 2 is 1.77 bits per heavy atom. The van der Waals surface area contributed by atoms with Crippen LogP contribution in [0.3, 0.4) is 0 Å². The van der Waals surface area contributed by atoms with Gasteiger partial charge in [0.05, 0.1) is 0 Å². The van der Waals surface area contributed by atoms with Crippen molar-refractivity contribution in [2.75, 3.05) is 30.6 Å². The van der Waals surface area contributed by atoms with Crippen LogP contribution in [0, 0.1) is 0 Å². The topological polar surface area (TPSA) is 12.0 Å². The third-order valence-corrected chi connectivity index (χ3v) is 3.36. The molecule has 0 aliphatic heterocycles. The van der Waals surface area contributed by atoms with E-state index in [-0.39, 0.29) is 0 Å².